The molecule has 290 valence electrons. The zero-order valence-electron chi connectivity index (χ0n) is 34.9. The lowest BCUT2D eigenvalue weighted by Gasteiger charge is -2.76. The van der Waals surface area contributed by atoms with E-state index >= 15 is 0 Å². The summed E-state index contributed by atoms with van der Waals surface area (Å²) in [4.78, 5) is 2.63. The van der Waals surface area contributed by atoms with Crippen LogP contribution in [-0.4, -0.2) is 0 Å². The molecule has 2 bridgehead atoms. The summed E-state index contributed by atoms with van der Waals surface area (Å²) in [6.07, 6.45) is 8.24. The SMILES string of the molecule is CC1(C)CCC(C)(C)c2cc(-c3ccccc3N(c3ccc(-c4cccc5ccccc45)cc3)c3cccc4c3-c3ccccc3C43C4CC5CC6CC3C64C5)ccc21. The second-order valence-electron chi connectivity index (χ2n) is 20.8. The summed E-state index contributed by atoms with van der Waals surface area (Å²) in [6, 6.07) is 58.6. The van der Waals surface area contributed by atoms with Crippen LogP contribution in [0.5, 0.6) is 0 Å². The Morgan fingerprint density at radius 2 is 1.14 bits per heavy atom. The Kier molecular flexibility index (Phi) is 6.81. The molecular weight excluding hydrogens is 711 g/mol. The molecule has 0 aromatic heterocycles. The average Bonchev–Trinajstić information content (AvgIpc) is 3.90. The van der Waals surface area contributed by atoms with Gasteiger partial charge in [-0.05, 0) is 158 Å². The maximum atomic E-state index is 2.63. The molecule has 0 N–H and O–H groups in total. The normalized spacial score (nSPS) is 28.0. The molecule has 13 rings (SSSR count). The molecule has 6 atom stereocenters. The standard InChI is InChI=1S/C58H53N/c1-55(2)29-30-56(3,4)49-33-39(25-28-47(49)55)44-16-8-10-21-50(44)59(41-26-23-38(24-27-41)43-18-11-14-37-13-5-6-15-42(37)43)51-22-12-20-48-54(51)45-17-7-9-19-46(45)58(48)52-32-36-31-40-34-53(58)57(40,52)35-36/h5-28,33,36,40,52-53H,29-32,34-35H2,1-4H3. The second-order valence-corrected chi connectivity index (χ2v) is 20.8. The van der Waals surface area contributed by atoms with Gasteiger partial charge >= 0.3 is 0 Å². The van der Waals surface area contributed by atoms with Crippen LogP contribution in [0.3, 0.4) is 0 Å². The van der Waals surface area contributed by atoms with Crippen molar-refractivity contribution in [1.82, 2.24) is 0 Å². The van der Waals surface area contributed by atoms with Crippen LogP contribution >= 0.6 is 0 Å². The fraction of sp³-hybridized carbons (Fsp3) is 0.310. The van der Waals surface area contributed by atoms with E-state index in [9.17, 15) is 0 Å². The van der Waals surface area contributed by atoms with E-state index < -0.39 is 0 Å². The number of hydrogen-bond donors (Lipinski definition) is 0. The highest BCUT2D eigenvalue weighted by atomic mass is 15.1. The first-order chi connectivity index (χ1) is 28.7. The fourth-order valence-corrected chi connectivity index (χ4v) is 14.9. The Bertz CT molecular complexity index is 2890. The number of hydrogen-bond acceptors (Lipinski definition) is 1. The third-order valence-corrected chi connectivity index (χ3v) is 17.4. The largest absolute Gasteiger partial charge is 0.309 e. The van der Waals surface area contributed by atoms with Crippen molar-refractivity contribution in [2.45, 2.75) is 82.5 Å². The second kappa shape index (κ2) is 11.7. The highest BCUT2D eigenvalue weighted by Crippen LogP contribution is 2.89. The van der Waals surface area contributed by atoms with Crippen molar-refractivity contribution < 1.29 is 0 Å². The van der Waals surface area contributed by atoms with E-state index in [-0.39, 0.29) is 16.2 Å². The van der Waals surface area contributed by atoms with Gasteiger partial charge in [0.05, 0.1) is 11.4 Å². The Morgan fingerprint density at radius 3 is 1.98 bits per heavy atom. The lowest BCUT2D eigenvalue weighted by molar-refractivity contribution is -0.231. The molecule has 59 heavy (non-hydrogen) atoms. The van der Waals surface area contributed by atoms with E-state index in [4.69, 9.17) is 0 Å². The van der Waals surface area contributed by atoms with Crippen LogP contribution in [0.1, 0.15) is 88.5 Å². The highest BCUT2D eigenvalue weighted by Gasteiger charge is 2.84. The number of rotatable bonds is 5. The van der Waals surface area contributed by atoms with Gasteiger partial charge in [0, 0.05) is 22.2 Å². The minimum atomic E-state index is 0.131. The van der Waals surface area contributed by atoms with Gasteiger partial charge in [-0.1, -0.05) is 155 Å². The number of fused-ring (bicyclic) bond motifs is 10. The third kappa shape index (κ3) is 4.32. The minimum absolute atomic E-state index is 0.131. The molecule has 0 saturated heterocycles. The van der Waals surface area contributed by atoms with Gasteiger partial charge in [-0.2, -0.15) is 0 Å². The van der Waals surface area contributed by atoms with E-state index in [0.717, 1.165) is 23.7 Å². The van der Waals surface area contributed by atoms with Gasteiger partial charge in [0.25, 0.3) is 0 Å². The lowest BCUT2D eigenvalue weighted by atomic mass is 9.27. The summed E-state index contributed by atoms with van der Waals surface area (Å²) in [5, 5.41) is 2.57. The molecule has 4 fully saturated rings. The first-order valence-electron chi connectivity index (χ1n) is 22.6. The van der Waals surface area contributed by atoms with Crippen LogP contribution in [0.2, 0.25) is 0 Å². The Balaban J connectivity index is 1.03. The first kappa shape index (κ1) is 34.5. The van der Waals surface area contributed by atoms with Crippen molar-refractivity contribution >= 4 is 27.8 Å². The van der Waals surface area contributed by atoms with Gasteiger partial charge in [-0.15, -0.1) is 0 Å². The fourth-order valence-electron chi connectivity index (χ4n) is 14.9. The predicted molar refractivity (Wildman–Crippen MR) is 246 cm³/mol. The van der Waals surface area contributed by atoms with Crippen LogP contribution in [0, 0.1) is 29.1 Å². The molecule has 2 spiro atoms. The molecule has 6 aliphatic rings. The molecule has 4 saturated carbocycles. The van der Waals surface area contributed by atoms with Crippen LogP contribution in [0.4, 0.5) is 17.1 Å². The smallest absolute Gasteiger partial charge is 0.0543 e. The molecule has 1 nitrogen and oxygen atoms in total. The van der Waals surface area contributed by atoms with Crippen molar-refractivity contribution in [2.75, 3.05) is 4.90 Å². The van der Waals surface area contributed by atoms with E-state index in [2.05, 4.69) is 184 Å². The van der Waals surface area contributed by atoms with E-state index in [0.29, 0.717) is 5.41 Å². The van der Waals surface area contributed by atoms with Crippen molar-refractivity contribution in [3.05, 3.63) is 174 Å². The minimum Gasteiger partial charge on any atom is -0.309 e. The van der Waals surface area contributed by atoms with Gasteiger partial charge < -0.3 is 4.90 Å². The Morgan fingerprint density at radius 1 is 0.492 bits per heavy atom. The first-order valence-corrected chi connectivity index (χ1v) is 22.6. The molecule has 7 aromatic rings. The van der Waals surface area contributed by atoms with Gasteiger partial charge in [-0.25, -0.2) is 0 Å². The number of para-hydroxylation sites is 1. The lowest BCUT2D eigenvalue weighted by Crippen LogP contribution is -2.73. The summed E-state index contributed by atoms with van der Waals surface area (Å²) >= 11 is 0. The molecule has 7 aromatic carbocycles. The van der Waals surface area contributed by atoms with E-state index in [1.54, 1.807) is 11.1 Å². The van der Waals surface area contributed by atoms with E-state index in [1.807, 2.05) is 0 Å². The number of benzene rings is 7. The highest BCUT2D eigenvalue weighted by molar-refractivity contribution is 6.00. The van der Waals surface area contributed by atoms with Crippen LogP contribution in [0.15, 0.2) is 152 Å². The summed E-state index contributed by atoms with van der Waals surface area (Å²) in [5.74, 6) is 3.46. The zero-order valence-corrected chi connectivity index (χ0v) is 34.9. The molecule has 0 amide bonds. The summed E-state index contributed by atoms with van der Waals surface area (Å²) in [6.45, 7) is 9.77. The summed E-state index contributed by atoms with van der Waals surface area (Å²) < 4.78 is 0. The van der Waals surface area contributed by atoms with Crippen LogP contribution < -0.4 is 4.90 Å². The van der Waals surface area contributed by atoms with Crippen molar-refractivity contribution in [1.29, 1.82) is 0 Å². The summed E-state index contributed by atoms with van der Waals surface area (Å²) in [7, 11) is 0. The number of anilines is 3. The van der Waals surface area contributed by atoms with Gasteiger partial charge in [0.2, 0.25) is 0 Å². The predicted octanol–water partition coefficient (Wildman–Crippen LogP) is 15.3. The molecule has 6 aliphatic carbocycles. The van der Waals surface area contributed by atoms with Gasteiger partial charge in [-0.3, -0.25) is 0 Å². The van der Waals surface area contributed by atoms with Crippen molar-refractivity contribution in [3.63, 3.8) is 0 Å². The maximum Gasteiger partial charge on any atom is 0.0543 e. The Hall–Kier alpha value is -5.40. The van der Waals surface area contributed by atoms with E-state index in [1.165, 1.54) is 111 Å². The van der Waals surface area contributed by atoms with Crippen LogP contribution in [-0.2, 0) is 16.2 Å². The molecule has 0 aliphatic heterocycles. The van der Waals surface area contributed by atoms with Gasteiger partial charge in [0.1, 0.15) is 0 Å². The molecular formula is C58H53N. The van der Waals surface area contributed by atoms with Crippen LogP contribution in [0.25, 0.3) is 44.2 Å². The Labute approximate surface area is 350 Å². The molecule has 0 radical (unpaired) electrons. The van der Waals surface area contributed by atoms with Crippen molar-refractivity contribution in [3.8, 4) is 33.4 Å². The average molecular weight is 764 g/mol. The number of nitrogens with zero attached hydrogens (tertiary/aromatic N) is 1. The molecule has 1 heteroatoms. The van der Waals surface area contributed by atoms with Crippen molar-refractivity contribution in [2.24, 2.45) is 29.1 Å². The van der Waals surface area contributed by atoms with Gasteiger partial charge in [0.15, 0.2) is 0 Å². The monoisotopic (exact) mass is 763 g/mol. The quantitative estimate of drug-likeness (QED) is 0.169. The molecule has 0 heterocycles. The summed E-state index contributed by atoms with van der Waals surface area (Å²) in [5.41, 5.74) is 19.1. The maximum absolute atomic E-state index is 2.63. The topological polar surface area (TPSA) is 3.24 Å². The third-order valence-electron chi connectivity index (χ3n) is 17.4. The molecule has 6 unspecified atom stereocenters. The zero-order chi connectivity index (χ0) is 39.5.